The molecule has 0 saturated heterocycles. The fraction of sp³-hybridized carbons (Fsp3) is 0.381. The van der Waals surface area contributed by atoms with Crippen molar-refractivity contribution in [1.29, 1.82) is 0 Å². The summed E-state index contributed by atoms with van der Waals surface area (Å²) >= 11 is 12.0. The number of fused-ring (bicyclic) bond motifs is 1. The molecule has 0 unspecified atom stereocenters. The number of hydrogen-bond acceptors (Lipinski definition) is 4. The van der Waals surface area contributed by atoms with E-state index in [9.17, 15) is 70.7 Å². The highest BCUT2D eigenvalue weighted by atomic mass is 35.5. The zero-order valence-corrected chi connectivity index (χ0v) is 21.8. The van der Waals surface area contributed by atoms with Gasteiger partial charge in [-0.3, -0.25) is 4.79 Å². The number of halogens is 17. The van der Waals surface area contributed by atoms with Gasteiger partial charge in [0.2, 0.25) is 5.95 Å². The van der Waals surface area contributed by atoms with Crippen LogP contribution in [0.5, 0.6) is 0 Å². The average molecular weight is 704 g/mol. The summed E-state index contributed by atoms with van der Waals surface area (Å²) in [5.41, 5.74) is -0.959. The van der Waals surface area contributed by atoms with Crippen LogP contribution in [0.25, 0.3) is 11.0 Å². The van der Waals surface area contributed by atoms with Crippen molar-refractivity contribution in [3.63, 3.8) is 0 Å². The molecule has 0 spiro atoms. The normalized spacial score (nSPS) is 14.2. The van der Waals surface area contributed by atoms with Gasteiger partial charge >= 0.3 is 41.7 Å². The van der Waals surface area contributed by atoms with Crippen molar-refractivity contribution < 1.29 is 70.7 Å². The summed E-state index contributed by atoms with van der Waals surface area (Å²) in [6.07, 6.45) is -6.89. The fourth-order valence-electron chi connectivity index (χ4n) is 3.22. The number of rotatable bonds is 10. The Morgan fingerprint density at radius 3 is 1.80 bits per heavy atom. The predicted octanol–water partition coefficient (Wildman–Crippen LogP) is 8.11. The van der Waals surface area contributed by atoms with Gasteiger partial charge < -0.3 is 15.6 Å². The summed E-state index contributed by atoms with van der Waals surface area (Å²) in [6, 6.07) is 5.07. The Labute approximate surface area is 242 Å². The molecule has 0 bridgehead atoms. The number of benzene rings is 1. The zero-order chi connectivity index (χ0) is 33.9. The first-order valence-corrected chi connectivity index (χ1v) is 11.7. The second-order valence-electron chi connectivity index (χ2n) is 8.65. The molecule has 44 heavy (non-hydrogen) atoms. The number of pyridine rings is 1. The first kappa shape index (κ1) is 35.1. The van der Waals surface area contributed by atoms with Crippen LogP contribution in [-0.4, -0.2) is 69.1 Å². The summed E-state index contributed by atoms with van der Waals surface area (Å²) in [7, 11) is 0. The summed E-state index contributed by atoms with van der Waals surface area (Å²) in [6.45, 7) is -3.05. The standard InChI is InChI=1S/C21H10Cl2F15N5O/c22-7-2-1-3-8(23)12(7)43-14-41-9-4-10(39-5-11(9)42-14)13(44)40-6-15(24,25)16(26,27)17(28,29)18(30,31)19(32,33)20(34,35)21(36,37)38/h1-5H,6H2,(H,40,44)(H2,41,42,43). The van der Waals surface area contributed by atoms with Crippen molar-refractivity contribution in [2.45, 2.75) is 41.7 Å². The first-order valence-electron chi connectivity index (χ1n) is 10.9. The van der Waals surface area contributed by atoms with E-state index in [-0.39, 0.29) is 32.7 Å². The molecule has 0 aliphatic rings. The molecular formula is C21H10Cl2F15N5O. The maximum absolute atomic E-state index is 14.1. The van der Waals surface area contributed by atoms with Crippen LogP contribution < -0.4 is 10.6 Å². The van der Waals surface area contributed by atoms with Crippen LogP contribution >= 0.6 is 23.2 Å². The number of nitrogens with one attached hydrogen (secondary N) is 3. The number of aromatic amines is 1. The Kier molecular flexibility index (Phi) is 8.71. The van der Waals surface area contributed by atoms with Gasteiger partial charge in [0.05, 0.1) is 39.5 Å². The molecule has 3 rings (SSSR count). The van der Waals surface area contributed by atoms with E-state index in [0.717, 1.165) is 11.5 Å². The molecular weight excluding hydrogens is 694 g/mol. The lowest BCUT2D eigenvalue weighted by Gasteiger charge is -2.41. The number of carbonyl (C=O) groups is 1. The quantitative estimate of drug-likeness (QED) is 0.186. The van der Waals surface area contributed by atoms with Crippen LogP contribution in [0.1, 0.15) is 10.5 Å². The number of carbonyl (C=O) groups excluding carboxylic acids is 1. The molecule has 0 saturated carbocycles. The Morgan fingerprint density at radius 1 is 0.773 bits per heavy atom. The minimum absolute atomic E-state index is 0.0301. The van der Waals surface area contributed by atoms with Crippen molar-refractivity contribution in [3.05, 3.63) is 46.2 Å². The fourth-order valence-corrected chi connectivity index (χ4v) is 3.71. The minimum Gasteiger partial charge on any atom is -0.344 e. The highest BCUT2D eigenvalue weighted by molar-refractivity contribution is 6.39. The maximum Gasteiger partial charge on any atom is 0.460 e. The molecule has 0 atom stereocenters. The third kappa shape index (κ3) is 5.51. The third-order valence-corrected chi connectivity index (χ3v) is 6.30. The number of para-hydroxylation sites is 1. The smallest absolute Gasteiger partial charge is 0.344 e. The number of anilines is 2. The summed E-state index contributed by atoms with van der Waals surface area (Å²) in [4.78, 5) is 22.2. The molecule has 244 valence electrons. The van der Waals surface area contributed by atoms with E-state index >= 15 is 0 Å². The maximum atomic E-state index is 14.1. The van der Waals surface area contributed by atoms with E-state index in [1.54, 1.807) is 0 Å². The van der Waals surface area contributed by atoms with Crippen molar-refractivity contribution in [2.75, 3.05) is 11.9 Å². The molecule has 3 N–H and O–H groups in total. The number of hydrogen-bond donors (Lipinski definition) is 3. The minimum atomic E-state index is -8.43. The number of H-pyrrole nitrogens is 1. The van der Waals surface area contributed by atoms with Crippen LogP contribution in [0.3, 0.4) is 0 Å². The summed E-state index contributed by atoms with van der Waals surface area (Å²) < 4.78 is 200. The molecule has 0 radical (unpaired) electrons. The molecule has 2 heterocycles. The van der Waals surface area contributed by atoms with Gasteiger partial charge in [0.25, 0.3) is 5.91 Å². The van der Waals surface area contributed by atoms with Crippen molar-refractivity contribution in [3.8, 4) is 0 Å². The van der Waals surface area contributed by atoms with Crippen LogP contribution in [0.15, 0.2) is 30.5 Å². The van der Waals surface area contributed by atoms with Crippen LogP contribution in [0.4, 0.5) is 77.5 Å². The SMILES string of the molecule is O=C(NCC(F)(F)C(F)(F)C(F)(F)C(F)(F)C(F)(F)C(F)(F)C(F)(F)F)c1cc2nc(Nc3c(Cl)cccc3Cl)[nH]c2cn1. The lowest BCUT2D eigenvalue weighted by molar-refractivity contribution is -0.451. The van der Waals surface area contributed by atoms with Gasteiger partial charge in [-0.1, -0.05) is 29.3 Å². The van der Waals surface area contributed by atoms with E-state index in [1.165, 1.54) is 18.2 Å². The molecule has 3 aromatic rings. The molecule has 0 aliphatic heterocycles. The van der Waals surface area contributed by atoms with Gasteiger partial charge in [-0.2, -0.15) is 65.9 Å². The third-order valence-electron chi connectivity index (χ3n) is 5.67. The van der Waals surface area contributed by atoms with E-state index in [1.807, 2.05) is 0 Å². The van der Waals surface area contributed by atoms with Gasteiger partial charge in [0, 0.05) is 0 Å². The molecule has 6 nitrogen and oxygen atoms in total. The zero-order valence-electron chi connectivity index (χ0n) is 20.3. The molecule has 0 fully saturated rings. The Bertz CT molecular complexity index is 1540. The van der Waals surface area contributed by atoms with Gasteiger partial charge in [-0.05, 0) is 18.2 Å². The summed E-state index contributed by atoms with van der Waals surface area (Å²) in [5.74, 6) is -49.6. The average Bonchev–Trinajstić information content (AvgIpc) is 3.30. The Hall–Kier alpha value is -3.36. The predicted molar refractivity (Wildman–Crippen MR) is 122 cm³/mol. The largest absolute Gasteiger partial charge is 0.460 e. The number of amides is 1. The Morgan fingerprint density at radius 2 is 1.27 bits per heavy atom. The number of alkyl halides is 15. The van der Waals surface area contributed by atoms with Crippen LogP contribution in [0, 0.1) is 0 Å². The lowest BCUT2D eigenvalue weighted by atomic mass is 9.91. The lowest BCUT2D eigenvalue weighted by Crippen LogP contribution is -2.73. The van der Waals surface area contributed by atoms with E-state index < -0.39 is 59.9 Å². The van der Waals surface area contributed by atoms with Gasteiger partial charge in [0.1, 0.15) is 5.69 Å². The monoisotopic (exact) mass is 703 g/mol. The highest BCUT2D eigenvalue weighted by Crippen LogP contribution is 2.62. The van der Waals surface area contributed by atoms with Gasteiger partial charge in [-0.15, -0.1) is 0 Å². The van der Waals surface area contributed by atoms with E-state index in [2.05, 4.69) is 20.3 Å². The van der Waals surface area contributed by atoms with Crippen LogP contribution in [-0.2, 0) is 0 Å². The second-order valence-corrected chi connectivity index (χ2v) is 9.47. The number of aromatic nitrogens is 3. The molecule has 0 aliphatic carbocycles. The summed E-state index contributed by atoms with van der Waals surface area (Å²) in [5, 5.41) is 3.77. The molecule has 1 amide bonds. The molecule has 2 aromatic heterocycles. The highest BCUT2D eigenvalue weighted by Gasteiger charge is 2.93. The first-order chi connectivity index (χ1) is 19.7. The van der Waals surface area contributed by atoms with Crippen molar-refractivity contribution in [2.24, 2.45) is 0 Å². The van der Waals surface area contributed by atoms with Crippen LogP contribution in [0.2, 0.25) is 10.0 Å². The van der Waals surface area contributed by atoms with E-state index in [4.69, 9.17) is 23.2 Å². The van der Waals surface area contributed by atoms with Gasteiger partial charge in [-0.25, -0.2) is 9.97 Å². The van der Waals surface area contributed by atoms with Gasteiger partial charge in [0.15, 0.2) is 0 Å². The topological polar surface area (TPSA) is 82.7 Å². The van der Waals surface area contributed by atoms with Crippen molar-refractivity contribution in [1.82, 2.24) is 20.3 Å². The molecule has 1 aromatic carbocycles. The number of imidazole rings is 1. The second kappa shape index (κ2) is 10.9. The number of nitrogens with zero attached hydrogens (tertiary/aromatic N) is 2. The Balaban J connectivity index is 1.83. The van der Waals surface area contributed by atoms with E-state index in [0.29, 0.717) is 6.07 Å². The molecule has 23 heteroatoms. The van der Waals surface area contributed by atoms with Crippen molar-refractivity contribution >= 4 is 51.8 Å².